The Morgan fingerprint density at radius 2 is 2.05 bits per heavy atom. The topological polar surface area (TPSA) is 86.9 Å². The van der Waals surface area contributed by atoms with Crippen molar-refractivity contribution in [1.29, 1.82) is 0 Å². The SMILES string of the molecule is O=C1CC(C(=O)Nc2ccc(-c3ccn[nH]3)cc2)CN1. The monoisotopic (exact) mass is 270 g/mol. The second kappa shape index (κ2) is 5.16. The van der Waals surface area contributed by atoms with E-state index in [1.807, 2.05) is 30.3 Å². The van der Waals surface area contributed by atoms with E-state index >= 15 is 0 Å². The molecule has 1 aromatic heterocycles. The molecule has 1 saturated heterocycles. The molecule has 0 bridgehead atoms. The van der Waals surface area contributed by atoms with Crippen LogP contribution in [0.3, 0.4) is 0 Å². The van der Waals surface area contributed by atoms with Crippen LogP contribution in [0.5, 0.6) is 0 Å². The number of amides is 2. The largest absolute Gasteiger partial charge is 0.355 e. The number of nitrogens with zero attached hydrogens (tertiary/aromatic N) is 1. The molecule has 1 unspecified atom stereocenters. The number of carbonyl (C=O) groups excluding carboxylic acids is 2. The predicted octanol–water partition coefficient (Wildman–Crippen LogP) is 1.15. The van der Waals surface area contributed by atoms with E-state index in [4.69, 9.17) is 0 Å². The average Bonchev–Trinajstić information content (AvgIpc) is 3.10. The van der Waals surface area contributed by atoms with E-state index in [0.29, 0.717) is 6.54 Å². The van der Waals surface area contributed by atoms with Gasteiger partial charge in [-0.25, -0.2) is 0 Å². The maximum absolute atomic E-state index is 12.0. The number of H-pyrrole nitrogens is 1. The molecule has 1 aromatic carbocycles. The third kappa shape index (κ3) is 2.54. The summed E-state index contributed by atoms with van der Waals surface area (Å²) >= 11 is 0. The molecule has 1 atom stereocenters. The summed E-state index contributed by atoms with van der Waals surface area (Å²) in [6.07, 6.45) is 1.95. The Morgan fingerprint density at radius 3 is 2.65 bits per heavy atom. The van der Waals surface area contributed by atoms with E-state index in [2.05, 4.69) is 20.8 Å². The summed E-state index contributed by atoms with van der Waals surface area (Å²) < 4.78 is 0. The summed E-state index contributed by atoms with van der Waals surface area (Å²) in [5.41, 5.74) is 2.64. The van der Waals surface area contributed by atoms with E-state index in [0.717, 1.165) is 16.9 Å². The van der Waals surface area contributed by atoms with Gasteiger partial charge in [0.2, 0.25) is 11.8 Å². The highest BCUT2D eigenvalue weighted by atomic mass is 16.2. The van der Waals surface area contributed by atoms with Gasteiger partial charge in [0.25, 0.3) is 0 Å². The molecule has 0 aliphatic carbocycles. The zero-order valence-electron chi connectivity index (χ0n) is 10.7. The van der Waals surface area contributed by atoms with Crippen molar-refractivity contribution in [3.05, 3.63) is 36.5 Å². The lowest BCUT2D eigenvalue weighted by Gasteiger charge is -2.09. The quantitative estimate of drug-likeness (QED) is 0.782. The molecule has 2 heterocycles. The summed E-state index contributed by atoms with van der Waals surface area (Å²) in [5.74, 6) is -0.479. The van der Waals surface area contributed by atoms with Gasteiger partial charge in [0.05, 0.1) is 11.6 Å². The van der Waals surface area contributed by atoms with Gasteiger partial charge in [0.15, 0.2) is 0 Å². The van der Waals surface area contributed by atoms with Crippen LogP contribution in [0.25, 0.3) is 11.3 Å². The molecule has 0 saturated carbocycles. The fourth-order valence-electron chi connectivity index (χ4n) is 2.18. The lowest BCUT2D eigenvalue weighted by molar-refractivity contribution is -0.123. The summed E-state index contributed by atoms with van der Waals surface area (Å²) in [6.45, 7) is 0.414. The van der Waals surface area contributed by atoms with Gasteiger partial charge in [-0.15, -0.1) is 0 Å². The molecule has 20 heavy (non-hydrogen) atoms. The molecule has 3 rings (SSSR count). The van der Waals surface area contributed by atoms with Crippen LogP contribution in [-0.4, -0.2) is 28.6 Å². The molecule has 1 fully saturated rings. The van der Waals surface area contributed by atoms with E-state index in [1.54, 1.807) is 6.20 Å². The maximum Gasteiger partial charge on any atom is 0.229 e. The highest BCUT2D eigenvalue weighted by molar-refractivity contribution is 5.97. The van der Waals surface area contributed by atoms with Crippen LogP contribution in [0.2, 0.25) is 0 Å². The van der Waals surface area contributed by atoms with Crippen LogP contribution < -0.4 is 10.6 Å². The van der Waals surface area contributed by atoms with Crippen LogP contribution in [0.15, 0.2) is 36.5 Å². The predicted molar refractivity (Wildman–Crippen MR) is 73.8 cm³/mol. The van der Waals surface area contributed by atoms with Crippen molar-refractivity contribution in [2.24, 2.45) is 5.92 Å². The Hall–Kier alpha value is -2.63. The third-order valence-corrected chi connectivity index (χ3v) is 3.31. The Kier molecular flexibility index (Phi) is 3.20. The molecular weight excluding hydrogens is 256 g/mol. The lowest BCUT2D eigenvalue weighted by Crippen LogP contribution is -2.24. The molecule has 3 N–H and O–H groups in total. The zero-order chi connectivity index (χ0) is 13.9. The molecule has 0 spiro atoms. The first-order valence-electron chi connectivity index (χ1n) is 6.40. The first-order valence-corrected chi connectivity index (χ1v) is 6.40. The number of anilines is 1. The van der Waals surface area contributed by atoms with E-state index in [1.165, 1.54) is 0 Å². The number of benzene rings is 1. The number of carbonyl (C=O) groups is 2. The Bertz CT molecular complexity index is 619. The third-order valence-electron chi connectivity index (χ3n) is 3.31. The van der Waals surface area contributed by atoms with Gasteiger partial charge in [0, 0.05) is 24.8 Å². The van der Waals surface area contributed by atoms with Crippen LogP contribution in [0.4, 0.5) is 5.69 Å². The van der Waals surface area contributed by atoms with Crippen molar-refractivity contribution >= 4 is 17.5 Å². The molecule has 1 aliphatic heterocycles. The molecule has 6 nitrogen and oxygen atoms in total. The standard InChI is InChI=1S/C14H14N4O2/c19-13-7-10(8-15-13)14(20)17-11-3-1-9(2-4-11)12-5-6-16-18-12/h1-6,10H,7-8H2,(H,15,19)(H,16,18)(H,17,20). The van der Waals surface area contributed by atoms with Gasteiger partial charge in [0.1, 0.15) is 0 Å². The zero-order valence-corrected chi connectivity index (χ0v) is 10.7. The van der Waals surface area contributed by atoms with Crippen LogP contribution in [-0.2, 0) is 9.59 Å². The minimum absolute atomic E-state index is 0.0697. The molecule has 2 aromatic rings. The van der Waals surface area contributed by atoms with Crippen molar-refractivity contribution in [2.75, 3.05) is 11.9 Å². The van der Waals surface area contributed by atoms with Crippen molar-refractivity contribution in [3.8, 4) is 11.3 Å². The Balaban J connectivity index is 1.66. The highest BCUT2D eigenvalue weighted by Gasteiger charge is 2.27. The summed E-state index contributed by atoms with van der Waals surface area (Å²) in [4.78, 5) is 23.0. The molecule has 6 heteroatoms. The first-order chi connectivity index (χ1) is 9.72. The van der Waals surface area contributed by atoms with Crippen molar-refractivity contribution < 1.29 is 9.59 Å². The number of nitrogens with one attached hydrogen (secondary N) is 3. The van der Waals surface area contributed by atoms with Gasteiger partial charge in [-0.3, -0.25) is 14.7 Å². The molecule has 102 valence electrons. The van der Waals surface area contributed by atoms with E-state index < -0.39 is 0 Å². The van der Waals surface area contributed by atoms with E-state index in [-0.39, 0.29) is 24.2 Å². The van der Waals surface area contributed by atoms with Gasteiger partial charge in [-0.2, -0.15) is 5.10 Å². The second-order valence-corrected chi connectivity index (χ2v) is 4.74. The van der Waals surface area contributed by atoms with Crippen LogP contribution in [0, 0.1) is 5.92 Å². The average molecular weight is 270 g/mol. The molecule has 1 aliphatic rings. The van der Waals surface area contributed by atoms with Crippen molar-refractivity contribution in [1.82, 2.24) is 15.5 Å². The maximum atomic E-state index is 12.0. The minimum Gasteiger partial charge on any atom is -0.355 e. The minimum atomic E-state index is -0.283. The molecule has 0 radical (unpaired) electrons. The second-order valence-electron chi connectivity index (χ2n) is 4.74. The normalized spacial score (nSPS) is 17.8. The van der Waals surface area contributed by atoms with Crippen molar-refractivity contribution in [3.63, 3.8) is 0 Å². The Labute approximate surface area is 115 Å². The highest BCUT2D eigenvalue weighted by Crippen LogP contribution is 2.20. The Morgan fingerprint density at radius 1 is 1.25 bits per heavy atom. The summed E-state index contributed by atoms with van der Waals surface area (Å²) in [7, 11) is 0. The lowest BCUT2D eigenvalue weighted by atomic mass is 10.1. The van der Waals surface area contributed by atoms with Crippen molar-refractivity contribution in [2.45, 2.75) is 6.42 Å². The number of hydrogen-bond acceptors (Lipinski definition) is 3. The fourth-order valence-corrected chi connectivity index (χ4v) is 2.18. The molecule has 2 amide bonds. The number of rotatable bonds is 3. The van der Waals surface area contributed by atoms with Crippen LogP contribution in [0.1, 0.15) is 6.42 Å². The van der Waals surface area contributed by atoms with Gasteiger partial charge in [-0.1, -0.05) is 12.1 Å². The number of hydrogen-bond donors (Lipinski definition) is 3. The first kappa shape index (κ1) is 12.4. The summed E-state index contributed by atoms with van der Waals surface area (Å²) in [6, 6.07) is 9.35. The number of aromatic nitrogens is 2. The fraction of sp³-hybridized carbons (Fsp3) is 0.214. The summed E-state index contributed by atoms with van der Waals surface area (Å²) in [5, 5.41) is 12.2. The van der Waals surface area contributed by atoms with Crippen LogP contribution >= 0.6 is 0 Å². The number of aromatic amines is 1. The van der Waals surface area contributed by atoms with Gasteiger partial charge < -0.3 is 10.6 Å². The van der Waals surface area contributed by atoms with Gasteiger partial charge >= 0.3 is 0 Å². The molecular formula is C14H14N4O2. The smallest absolute Gasteiger partial charge is 0.229 e. The van der Waals surface area contributed by atoms with Gasteiger partial charge in [-0.05, 0) is 23.8 Å². The van der Waals surface area contributed by atoms with E-state index in [9.17, 15) is 9.59 Å².